The van der Waals surface area contributed by atoms with Gasteiger partial charge in [0.15, 0.2) is 0 Å². The quantitative estimate of drug-likeness (QED) is 0.850. The molecule has 0 atom stereocenters. The molecule has 2 heterocycles. The average Bonchev–Trinajstić information content (AvgIpc) is 2.46. The van der Waals surface area contributed by atoms with Gasteiger partial charge in [-0.05, 0) is 25.3 Å². The van der Waals surface area contributed by atoms with E-state index in [0.29, 0.717) is 5.56 Å². The van der Waals surface area contributed by atoms with Crippen molar-refractivity contribution < 1.29 is 4.79 Å². The topological polar surface area (TPSA) is 53.2 Å². The van der Waals surface area contributed by atoms with E-state index in [9.17, 15) is 9.59 Å². The number of nitrogens with one attached hydrogen (secondary N) is 1. The number of para-hydroxylation sites is 1. The molecule has 4 nitrogen and oxygen atoms in total. The highest BCUT2D eigenvalue weighted by Crippen LogP contribution is 2.18. The van der Waals surface area contributed by atoms with Crippen molar-refractivity contribution in [2.45, 2.75) is 19.3 Å². The Morgan fingerprint density at radius 3 is 2.63 bits per heavy atom. The molecule has 1 aliphatic rings. The molecule has 0 spiro atoms. The number of aromatic amines is 1. The molecule has 1 aromatic carbocycles. The van der Waals surface area contributed by atoms with Crippen molar-refractivity contribution >= 4 is 16.8 Å². The summed E-state index contributed by atoms with van der Waals surface area (Å²) in [5.74, 6) is -0.0259. The van der Waals surface area contributed by atoms with Crippen LogP contribution in [-0.4, -0.2) is 28.9 Å². The van der Waals surface area contributed by atoms with Crippen molar-refractivity contribution in [1.29, 1.82) is 0 Å². The van der Waals surface area contributed by atoms with Crippen LogP contribution in [-0.2, 0) is 0 Å². The minimum Gasteiger partial charge on any atom is -0.339 e. The Morgan fingerprint density at radius 1 is 1.11 bits per heavy atom. The molecule has 2 aromatic rings. The number of benzene rings is 1. The second-order valence-corrected chi connectivity index (χ2v) is 4.95. The Labute approximate surface area is 111 Å². The van der Waals surface area contributed by atoms with E-state index in [4.69, 9.17) is 0 Å². The van der Waals surface area contributed by atoms with Crippen LogP contribution in [0.25, 0.3) is 10.9 Å². The number of carbonyl (C=O) groups excluding carboxylic acids is 1. The fraction of sp³-hybridized carbons (Fsp3) is 0.333. The first-order chi connectivity index (χ1) is 9.25. The van der Waals surface area contributed by atoms with Gasteiger partial charge in [0.1, 0.15) is 0 Å². The summed E-state index contributed by atoms with van der Waals surface area (Å²) >= 11 is 0. The summed E-state index contributed by atoms with van der Waals surface area (Å²) < 4.78 is 0. The van der Waals surface area contributed by atoms with Gasteiger partial charge in [0.25, 0.3) is 5.91 Å². The number of piperidine rings is 1. The van der Waals surface area contributed by atoms with Crippen LogP contribution >= 0.6 is 0 Å². The summed E-state index contributed by atoms with van der Waals surface area (Å²) in [5, 5.41) is 0.817. The molecule has 0 radical (unpaired) electrons. The molecule has 1 fully saturated rings. The maximum atomic E-state index is 12.5. The van der Waals surface area contributed by atoms with Crippen LogP contribution in [0.3, 0.4) is 0 Å². The number of pyridine rings is 1. The number of nitrogens with zero attached hydrogens (tertiary/aromatic N) is 1. The lowest BCUT2D eigenvalue weighted by Gasteiger charge is -2.27. The summed E-state index contributed by atoms with van der Waals surface area (Å²) in [6.45, 7) is 1.58. The Bertz CT molecular complexity index is 669. The van der Waals surface area contributed by atoms with Gasteiger partial charge in [0.05, 0.1) is 5.56 Å². The van der Waals surface area contributed by atoms with Gasteiger partial charge in [0, 0.05) is 30.1 Å². The minimum absolute atomic E-state index is 0.0259. The van der Waals surface area contributed by atoms with Crippen LogP contribution < -0.4 is 5.56 Å². The third-order valence-electron chi connectivity index (χ3n) is 3.62. The number of H-pyrrole nitrogens is 1. The monoisotopic (exact) mass is 256 g/mol. The number of aromatic nitrogens is 1. The Morgan fingerprint density at radius 2 is 1.84 bits per heavy atom. The summed E-state index contributed by atoms with van der Waals surface area (Å²) in [4.78, 5) is 28.8. The summed E-state index contributed by atoms with van der Waals surface area (Å²) in [7, 11) is 0. The lowest BCUT2D eigenvalue weighted by atomic mass is 10.1. The SMILES string of the molecule is O=C(c1cc(=O)[nH]c2ccccc12)N1CCCCC1. The molecule has 1 saturated heterocycles. The highest BCUT2D eigenvalue weighted by atomic mass is 16.2. The van der Waals surface area contributed by atoms with Crippen molar-refractivity contribution in [1.82, 2.24) is 9.88 Å². The van der Waals surface area contributed by atoms with Crippen LogP contribution in [0.1, 0.15) is 29.6 Å². The normalized spacial score (nSPS) is 15.7. The zero-order chi connectivity index (χ0) is 13.2. The van der Waals surface area contributed by atoms with Gasteiger partial charge >= 0.3 is 0 Å². The summed E-state index contributed by atoms with van der Waals surface area (Å²) in [6.07, 6.45) is 3.28. The first-order valence-corrected chi connectivity index (χ1v) is 6.67. The van der Waals surface area contributed by atoms with Crippen LogP contribution in [0.4, 0.5) is 0 Å². The van der Waals surface area contributed by atoms with Gasteiger partial charge < -0.3 is 9.88 Å². The van der Waals surface area contributed by atoms with Gasteiger partial charge in [-0.1, -0.05) is 18.2 Å². The third-order valence-corrected chi connectivity index (χ3v) is 3.62. The number of likely N-dealkylation sites (tertiary alicyclic amines) is 1. The van der Waals surface area contributed by atoms with E-state index in [1.807, 2.05) is 29.2 Å². The lowest BCUT2D eigenvalue weighted by molar-refractivity contribution is 0.0726. The first kappa shape index (κ1) is 12.0. The molecule has 1 N–H and O–H groups in total. The summed E-state index contributed by atoms with van der Waals surface area (Å²) in [5.41, 5.74) is 1.01. The lowest BCUT2D eigenvalue weighted by Crippen LogP contribution is -2.36. The number of hydrogen-bond donors (Lipinski definition) is 1. The molecule has 19 heavy (non-hydrogen) atoms. The van der Waals surface area contributed by atoms with Crippen molar-refractivity contribution in [3.63, 3.8) is 0 Å². The van der Waals surface area contributed by atoms with Crippen LogP contribution in [0, 0.1) is 0 Å². The third kappa shape index (κ3) is 2.26. The van der Waals surface area contributed by atoms with Crippen LogP contribution in [0.5, 0.6) is 0 Å². The van der Waals surface area contributed by atoms with E-state index in [2.05, 4.69) is 4.98 Å². The zero-order valence-corrected chi connectivity index (χ0v) is 10.7. The molecular formula is C15H16N2O2. The zero-order valence-electron chi connectivity index (χ0n) is 10.7. The highest BCUT2D eigenvalue weighted by Gasteiger charge is 2.20. The van der Waals surface area contributed by atoms with E-state index < -0.39 is 0 Å². The average molecular weight is 256 g/mol. The van der Waals surface area contributed by atoms with E-state index in [-0.39, 0.29) is 11.5 Å². The van der Waals surface area contributed by atoms with E-state index in [1.54, 1.807) is 0 Å². The second-order valence-electron chi connectivity index (χ2n) is 4.95. The maximum absolute atomic E-state index is 12.5. The molecule has 0 aliphatic carbocycles. The Balaban J connectivity index is 2.08. The summed E-state index contributed by atoms with van der Waals surface area (Å²) in [6, 6.07) is 8.85. The standard InChI is InChI=1S/C15H16N2O2/c18-14-10-12(11-6-2-3-7-13(11)16-14)15(19)17-8-4-1-5-9-17/h2-3,6-7,10H,1,4-5,8-9H2,(H,16,18). The number of carbonyl (C=O) groups is 1. The van der Waals surface area contributed by atoms with Crippen LogP contribution in [0.2, 0.25) is 0 Å². The van der Waals surface area contributed by atoms with Gasteiger partial charge in [-0.15, -0.1) is 0 Å². The molecule has 1 amide bonds. The van der Waals surface area contributed by atoms with Crippen molar-refractivity contribution in [2.75, 3.05) is 13.1 Å². The number of hydrogen-bond acceptors (Lipinski definition) is 2. The van der Waals surface area contributed by atoms with Crippen LogP contribution in [0.15, 0.2) is 35.1 Å². The van der Waals surface area contributed by atoms with E-state index >= 15 is 0 Å². The minimum atomic E-state index is -0.223. The van der Waals surface area contributed by atoms with Gasteiger partial charge in [0.2, 0.25) is 5.56 Å². The smallest absolute Gasteiger partial charge is 0.254 e. The van der Waals surface area contributed by atoms with E-state index in [1.165, 1.54) is 12.5 Å². The highest BCUT2D eigenvalue weighted by molar-refractivity contribution is 6.05. The van der Waals surface area contributed by atoms with Crippen molar-refractivity contribution in [3.8, 4) is 0 Å². The Kier molecular flexibility index (Phi) is 3.07. The van der Waals surface area contributed by atoms with E-state index in [0.717, 1.165) is 36.8 Å². The van der Waals surface area contributed by atoms with Crippen molar-refractivity contribution in [2.24, 2.45) is 0 Å². The first-order valence-electron chi connectivity index (χ1n) is 6.67. The fourth-order valence-electron chi connectivity index (χ4n) is 2.65. The molecule has 3 rings (SSSR count). The molecule has 1 aliphatic heterocycles. The van der Waals surface area contributed by atoms with Crippen molar-refractivity contribution in [3.05, 3.63) is 46.2 Å². The number of rotatable bonds is 1. The largest absolute Gasteiger partial charge is 0.339 e. The maximum Gasteiger partial charge on any atom is 0.254 e. The second kappa shape index (κ2) is 4.88. The number of fused-ring (bicyclic) bond motifs is 1. The van der Waals surface area contributed by atoms with Gasteiger partial charge in [-0.3, -0.25) is 9.59 Å². The molecule has 1 aromatic heterocycles. The van der Waals surface area contributed by atoms with Gasteiger partial charge in [-0.25, -0.2) is 0 Å². The molecule has 0 unspecified atom stereocenters. The molecule has 0 saturated carbocycles. The van der Waals surface area contributed by atoms with Gasteiger partial charge in [-0.2, -0.15) is 0 Å². The predicted octanol–water partition coefficient (Wildman–Crippen LogP) is 2.15. The predicted molar refractivity (Wildman–Crippen MR) is 74.3 cm³/mol. The fourth-order valence-corrected chi connectivity index (χ4v) is 2.65. The molecule has 98 valence electrons. The number of amides is 1. The molecule has 4 heteroatoms. The molecular weight excluding hydrogens is 240 g/mol. The molecule has 0 bridgehead atoms. The Hall–Kier alpha value is -2.10.